The van der Waals surface area contributed by atoms with Crippen molar-refractivity contribution in [2.45, 2.75) is 43.9 Å². The van der Waals surface area contributed by atoms with E-state index in [4.69, 9.17) is 4.52 Å². The van der Waals surface area contributed by atoms with Crippen molar-refractivity contribution in [1.29, 1.82) is 0 Å². The van der Waals surface area contributed by atoms with Crippen molar-refractivity contribution >= 4 is 19.8 Å². The van der Waals surface area contributed by atoms with Crippen molar-refractivity contribution in [3.05, 3.63) is 0 Å². The van der Waals surface area contributed by atoms with E-state index < -0.39 is 8.03 Å². The zero-order valence-corrected chi connectivity index (χ0v) is 11.8. The first kappa shape index (κ1) is 13.4. The number of thioether (sulfide) groups is 1. The molecule has 88 valence electrons. The third-order valence-corrected chi connectivity index (χ3v) is 5.67. The van der Waals surface area contributed by atoms with Crippen molar-refractivity contribution in [2.75, 3.05) is 13.3 Å². The number of hydrogen-bond acceptors (Lipinski definition) is 4. The van der Waals surface area contributed by atoms with Crippen LogP contribution < -0.4 is 5.32 Å². The van der Waals surface area contributed by atoms with Gasteiger partial charge in [0.2, 0.25) is 0 Å². The molecular formula is C10H21NO2PS+. The van der Waals surface area contributed by atoms with E-state index in [1.54, 1.807) is 0 Å². The molecule has 0 aromatic heterocycles. The Morgan fingerprint density at radius 3 is 2.53 bits per heavy atom. The van der Waals surface area contributed by atoms with E-state index in [-0.39, 0.29) is 10.8 Å². The van der Waals surface area contributed by atoms with Crippen LogP contribution in [0, 0.1) is 5.92 Å². The minimum Gasteiger partial charge on any atom is -0.297 e. The van der Waals surface area contributed by atoms with E-state index in [9.17, 15) is 4.57 Å². The van der Waals surface area contributed by atoms with Crippen LogP contribution in [-0.2, 0) is 9.09 Å². The molecule has 1 aliphatic rings. The van der Waals surface area contributed by atoms with E-state index in [0.717, 1.165) is 0 Å². The molecule has 1 heterocycles. The zero-order chi connectivity index (χ0) is 11.6. The maximum Gasteiger partial charge on any atom is 0.509 e. The maximum atomic E-state index is 11.4. The fourth-order valence-corrected chi connectivity index (χ4v) is 4.27. The zero-order valence-electron chi connectivity index (χ0n) is 10.1. The van der Waals surface area contributed by atoms with Crippen molar-refractivity contribution in [1.82, 2.24) is 5.32 Å². The lowest BCUT2D eigenvalue weighted by atomic mass is 10.1. The Balaban J connectivity index is 2.61. The molecule has 1 N–H and O–H groups in total. The summed E-state index contributed by atoms with van der Waals surface area (Å²) in [7, 11) is -0.00432. The smallest absolute Gasteiger partial charge is 0.297 e. The number of nitrogens with one attached hydrogen (secondary N) is 1. The standard InChI is InChI=1S/C10H21NO2PS/c1-7(2)9-11-8(6-14(12)13-5)10(3,4)15-9/h7-9,11H,6H2,1-5H3/q+1. The van der Waals surface area contributed by atoms with Gasteiger partial charge in [-0.1, -0.05) is 13.8 Å². The Morgan fingerprint density at radius 2 is 2.13 bits per heavy atom. The fourth-order valence-electron chi connectivity index (χ4n) is 1.67. The van der Waals surface area contributed by atoms with Crippen molar-refractivity contribution in [2.24, 2.45) is 5.92 Å². The maximum absolute atomic E-state index is 11.4. The van der Waals surface area contributed by atoms with Gasteiger partial charge in [-0.2, -0.15) is 0 Å². The average molecular weight is 250 g/mol. The lowest BCUT2D eigenvalue weighted by molar-refractivity contribution is 0.394. The van der Waals surface area contributed by atoms with Crippen LogP contribution in [0.2, 0.25) is 0 Å². The van der Waals surface area contributed by atoms with Crippen LogP contribution >= 0.6 is 19.8 Å². The summed E-state index contributed by atoms with van der Waals surface area (Å²) in [6.45, 7) is 8.83. The molecule has 0 aromatic rings. The molecule has 3 unspecified atom stereocenters. The van der Waals surface area contributed by atoms with Gasteiger partial charge >= 0.3 is 8.03 Å². The third kappa shape index (κ3) is 3.42. The van der Waals surface area contributed by atoms with Gasteiger partial charge in [-0.25, -0.2) is 0 Å². The highest BCUT2D eigenvalue weighted by atomic mass is 32.2. The SMILES string of the molecule is CO[P+](=O)CC1NC(C(C)C)SC1(C)C. The molecule has 0 spiro atoms. The van der Waals surface area contributed by atoms with Gasteiger partial charge in [-0.15, -0.1) is 16.3 Å². The Bertz CT molecular complexity index is 246. The molecule has 1 aliphatic heterocycles. The molecule has 0 radical (unpaired) electrons. The van der Waals surface area contributed by atoms with Gasteiger partial charge in [0.05, 0.1) is 18.5 Å². The lowest BCUT2D eigenvalue weighted by Gasteiger charge is -2.21. The highest BCUT2D eigenvalue weighted by Crippen LogP contribution is 2.43. The van der Waals surface area contributed by atoms with Gasteiger partial charge in [0.15, 0.2) is 6.16 Å². The Hall–Kier alpha value is 0.370. The molecule has 5 heteroatoms. The third-order valence-electron chi connectivity index (χ3n) is 2.78. The minimum atomic E-state index is -1.51. The second-order valence-electron chi connectivity index (χ2n) is 4.80. The minimum absolute atomic E-state index is 0.137. The van der Waals surface area contributed by atoms with Crippen molar-refractivity contribution in [3.8, 4) is 0 Å². The highest BCUT2D eigenvalue weighted by molar-refractivity contribution is 8.01. The quantitative estimate of drug-likeness (QED) is 0.779. The summed E-state index contributed by atoms with van der Waals surface area (Å²) < 4.78 is 16.4. The summed E-state index contributed by atoms with van der Waals surface area (Å²) in [5.41, 5.74) is 0. The molecular weight excluding hydrogens is 229 g/mol. The monoisotopic (exact) mass is 250 g/mol. The molecule has 0 saturated carbocycles. The molecule has 1 fully saturated rings. The van der Waals surface area contributed by atoms with Crippen LogP contribution in [0.4, 0.5) is 0 Å². The van der Waals surface area contributed by atoms with Gasteiger partial charge in [-0.3, -0.25) is 5.32 Å². The molecule has 1 rings (SSSR count). The summed E-state index contributed by atoms with van der Waals surface area (Å²) in [4.78, 5) is 0. The first-order valence-corrected chi connectivity index (χ1v) is 7.53. The Morgan fingerprint density at radius 1 is 1.53 bits per heavy atom. The van der Waals surface area contributed by atoms with Crippen LogP contribution in [0.5, 0.6) is 0 Å². The highest BCUT2D eigenvalue weighted by Gasteiger charge is 2.45. The normalized spacial score (nSPS) is 30.9. The molecule has 1 saturated heterocycles. The van der Waals surface area contributed by atoms with Crippen LogP contribution in [0.1, 0.15) is 27.7 Å². The summed E-state index contributed by atoms with van der Waals surface area (Å²) in [5.74, 6) is 0.597. The summed E-state index contributed by atoms with van der Waals surface area (Å²) in [6.07, 6.45) is 0.606. The van der Waals surface area contributed by atoms with Crippen LogP contribution in [0.3, 0.4) is 0 Å². The second kappa shape index (κ2) is 5.13. The molecule has 0 bridgehead atoms. The van der Waals surface area contributed by atoms with Gasteiger partial charge in [0.25, 0.3) is 0 Å². The second-order valence-corrected chi connectivity index (χ2v) is 7.99. The number of rotatable bonds is 4. The summed E-state index contributed by atoms with van der Waals surface area (Å²) in [6, 6.07) is 0.276. The molecule has 0 amide bonds. The Kier molecular flexibility index (Phi) is 4.60. The summed E-state index contributed by atoms with van der Waals surface area (Å²) in [5, 5.41) is 4.01. The van der Waals surface area contributed by atoms with E-state index in [1.165, 1.54) is 7.11 Å². The Labute approximate surface area is 97.6 Å². The number of hydrogen-bond donors (Lipinski definition) is 1. The van der Waals surface area contributed by atoms with Crippen LogP contribution in [0.15, 0.2) is 0 Å². The lowest BCUT2D eigenvalue weighted by Crippen LogP contribution is -2.41. The van der Waals surface area contributed by atoms with Crippen molar-refractivity contribution in [3.63, 3.8) is 0 Å². The van der Waals surface area contributed by atoms with Crippen LogP contribution in [-0.4, -0.2) is 29.4 Å². The van der Waals surface area contributed by atoms with Gasteiger partial charge in [-0.05, 0) is 24.3 Å². The van der Waals surface area contributed by atoms with Crippen molar-refractivity contribution < 1.29 is 9.09 Å². The van der Waals surface area contributed by atoms with E-state index in [2.05, 4.69) is 33.0 Å². The van der Waals surface area contributed by atoms with E-state index in [1.807, 2.05) is 11.8 Å². The molecule has 0 aliphatic carbocycles. The predicted molar refractivity (Wildman–Crippen MR) is 66.7 cm³/mol. The van der Waals surface area contributed by atoms with E-state index >= 15 is 0 Å². The predicted octanol–water partition coefficient (Wildman–Crippen LogP) is 2.84. The first-order valence-electron chi connectivity index (χ1n) is 5.29. The van der Waals surface area contributed by atoms with Crippen LogP contribution in [0.25, 0.3) is 0 Å². The molecule has 0 aromatic carbocycles. The average Bonchev–Trinajstić information content (AvgIpc) is 2.42. The largest absolute Gasteiger partial charge is 0.509 e. The topological polar surface area (TPSA) is 38.3 Å². The summed E-state index contributed by atoms with van der Waals surface area (Å²) >= 11 is 1.94. The first-order chi connectivity index (χ1) is 6.86. The van der Waals surface area contributed by atoms with Gasteiger partial charge in [0, 0.05) is 4.75 Å². The van der Waals surface area contributed by atoms with Gasteiger partial charge in [0.1, 0.15) is 0 Å². The fraction of sp³-hybridized carbons (Fsp3) is 1.00. The molecule has 15 heavy (non-hydrogen) atoms. The molecule has 3 nitrogen and oxygen atoms in total. The van der Waals surface area contributed by atoms with Gasteiger partial charge < -0.3 is 0 Å². The molecule has 3 atom stereocenters. The van der Waals surface area contributed by atoms with E-state index in [0.29, 0.717) is 17.5 Å².